The zero-order valence-corrected chi connectivity index (χ0v) is 14.4. The largest absolute Gasteiger partial charge is 0.333 e. The summed E-state index contributed by atoms with van der Waals surface area (Å²) in [5, 5.41) is 8.28. The molecule has 0 aliphatic carbocycles. The van der Waals surface area contributed by atoms with Crippen LogP contribution in [0.15, 0.2) is 46.6 Å². The number of rotatable bonds is 6. The van der Waals surface area contributed by atoms with Gasteiger partial charge in [-0.15, -0.1) is 12.3 Å². The number of hydrogen-bond acceptors (Lipinski definition) is 3. The number of fused-ring (bicyclic) bond motifs is 2. The molecule has 4 rings (SSSR count). The zero-order valence-electron chi connectivity index (χ0n) is 14.4. The second kappa shape index (κ2) is 6.48. The smallest absolute Gasteiger partial charge is 0.223 e. The van der Waals surface area contributed by atoms with Crippen LogP contribution < -0.4 is 0 Å². The minimum absolute atomic E-state index is 0.244. The molecule has 1 aromatic rings. The molecule has 0 aromatic heterocycles. The lowest BCUT2D eigenvalue weighted by Gasteiger charge is -2.34. The van der Waals surface area contributed by atoms with Crippen LogP contribution in [0.3, 0.4) is 0 Å². The molecule has 1 saturated heterocycles. The summed E-state index contributed by atoms with van der Waals surface area (Å²) in [7, 11) is 0. The van der Waals surface area contributed by atoms with E-state index in [2.05, 4.69) is 51.4 Å². The summed E-state index contributed by atoms with van der Waals surface area (Å²) in [6.07, 6.45) is 13.4. The third-order valence-electron chi connectivity index (χ3n) is 5.62. The van der Waals surface area contributed by atoms with E-state index in [0.29, 0.717) is 25.3 Å². The molecular formula is C21H23N3O. The molecule has 3 aliphatic rings. The Morgan fingerprint density at radius 2 is 2.04 bits per heavy atom. The Bertz CT molecular complexity index is 753. The molecule has 3 heterocycles. The summed E-state index contributed by atoms with van der Waals surface area (Å²) in [6.45, 7) is 0. The summed E-state index contributed by atoms with van der Waals surface area (Å²) < 4.78 is 0. The standard InChI is InChI=1S/C21H23N3O/c1-2-3-12-21(22-23-21)13-11-20(25)24-18-9-10-19(24)15-17(14-18)16-7-5-4-6-8-16/h1,4-8,14,18-19H,3,9-13,15H2. The minimum Gasteiger partial charge on any atom is -0.333 e. The van der Waals surface area contributed by atoms with E-state index in [1.165, 1.54) is 11.1 Å². The van der Waals surface area contributed by atoms with Crippen LogP contribution in [0.25, 0.3) is 5.57 Å². The van der Waals surface area contributed by atoms with Crippen LogP contribution >= 0.6 is 0 Å². The van der Waals surface area contributed by atoms with Crippen molar-refractivity contribution in [2.24, 2.45) is 10.2 Å². The normalized spacial score (nSPS) is 25.4. The number of nitrogens with zero attached hydrogens (tertiary/aromatic N) is 3. The Labute approximate surface area is 149 Å². The van der Waals surface area contributed by atoms with Crippen LogP contribution in [0, 0.1) is 12.3 Å². The van der Waals surface area contributed by atoms with Crippen LogP contribution in [-0.4, -0.2) is 28.6 Å². The number of amides is 1. The monoisotopic (exact) mass is 333 g/mol. The maximum Gasteiger partial charge on any atom is 0.223 e. The zero-order chi connectivity index (χ0) is 17.3. The fourth-order valence-electron chi connectivity index (χ4n) is 4.19. The van der Waals surface area contributed by atoms with Crippen molar-refractivity contribution in [2.45, 2.75) is 62.7 Å². The van der Waals surface area contributed by atoms with Crippen LogP contribution in [-0.2, 0) is 4.79 Å². The Morgan fingerprint density at radius 1 is 1.24 bits per heavy atom. The second-order valence-corrected chi connectivity index (χ2v) is 7.25. The lowest BCUT2D eigenvalue weighted by Crippen LogP contribution is -2.43. The highest BCUT2D eigenvalue weighted by Crippen LogP contribution is 2.41. The fraction of sp³-hybridized carbons (Fsp3) is 0.476. The summed E-state index contributed by atoms with van der Waals surface area (Å²) in [5.41, 5.74) is 2.31. The van der Waals surface area contributed by atoms with Gasteiger partial charge in [0.25, 0.3) is 0 Å². The second-order valence-electron chi connectivity index (χ2n) is 7.25. The molecule has 2 bridgehead atoms. The lowest BCUT2D eigenvalue weighted by atomic mass is 9.94. The van der Waals surface area contributed by atoms with Gasteiger partial charge in [0.1, 0.15) is 0 Å². The molecule has 128 valence electrons. The average Bonchev–Trinajstić information content (AvgIpc) is 3.37. The first-order chi connectivity index (χ1) is 12.2. The van der Waals surface area contributed by atoms with E-state index in [9.17, 15) is 4.79 Å². The van der Waals surface area contributed by atoms with E-state index >= 15 is 0 Å². The van der Waals surface area contributed by atoms with Gasteiger partial charge < -0.3 is 4.90 Å². The van der Waals surface area contributed by atoms with Gasteiger partial charge in [-0.05, 0) is 30.4 Å². The van der Waals surface area contributed by atoms with Gasteiger partial charge in [-0.3, -0.25) is 4.79 Å². The number of carbonyl (C=O) groups is 1. The minimum atomic E-state index is -0.359. The summed E-state index contributed by atoms with van der Waals surface area (Å²) >= 11 is 0. The van der Waals surface area contributed by atoms with Crippen molar-refractivity contribution in [1.82, 2.24) is 4.90 Å². The third kappa shape index (κ3) is 3.24. The van der Waals surface area contributed by atoms with Gasteiger partial charge in [0.05, 0.1) is 6.04 Å². The molecule has 3 aliphatic heterocycles. The Kier molecular flexibility index (Phi) is 4.17. The average molecular weight is 333 g/mol. The first-order valence-electron chi connectivity index (χ1n) is 9.16. The third-order valence-corrected chi connectivity index (χ3v) is 5.62. The number of carbonyl (C=O) groups excluding carboxylic acids is 1. The molecule has 0 saturated carbocycles. The number of hydrogen-bond donors (Lipinski definition) is 0. The van der Waals surface area contributed by atoms with E-state index in [1.807, 2.05) is 6.07 Å². The van der Waals surface area contributed by atoms with E-state index in [0.717, 1.165) is 25.7 Å². The maximum absolute atomic E-state index is 12.8. The molecule has 2 unspecified atom stereocenters. The molecule has 0 spiro atoms. The van der Waals surface area contributed by atoms with Crippen molar-refractivity contribution in [3.8, 4) is 12.3 Å². The molecular weight excluding hydrogens is 310 g/mol. The van der Waals surface area contributed by atoms with Crippen molar-refractivity contribution in [2.75, 3.05) is 0 Å². The molecule has 4 heteroatoms. The first kappa shape index (κ1) is 16.1. The van der Waals surface area contributed by atoms with Crippen LogP contribution in [0.4, 0.5) is 0 Å². The van der Waals surface area contributed by atoms with Crippen molar-refractivity contribution in [3.63, 3.8) is 0 Å². The SMILES string of the molecule is C#CCCC1(CCC(=O)N2C3C=C(c4ccccc4)CC2CC3)N=N1. The van der Waals surface area contributed by atoms with Gasteiger partial charge in [-0.25, -0.2) is 0 Å². The topological polar surface area (TPSA) is 45.0 Å². The van der Waals surface area contributed by atoms with E-state index < -0.39 is 0 Å². The highest BCUT2D eigenvalue weighted by Gasteiger charge is 2.43. The quantitative estimate of drug-likeness (QED) is 0.720. The van der Waals surface area contributed by atoms with Gasteiger partial charge in [-0.1, -0.05) is 36.4 Å². The van der Waals surface area contributed by atoms with Crippen LogP contribution in [0.2, 0.25) is 0 Å². The molecule has 1 amide bonds. The van der Waals surface area contributed by atoms with Gasteiger partial charge in [-0.2, -0.15) is 10.2 Å². The first-order valence-corrected chi connectivity index (χ1v) is 9.16. The van der Waals surface area contributed by atoms with Crippen LogP contribution in [0.5, 0.6) is 0 Å². The van der Waals surface area contributed by atoms with Gasteiger partial charge in [0, 0.05) is 31.7 Å². The Hall–Kier alpha value is -2.41. The van der Waals surface area contributed by atoms with Crippen molar-refractivity contribution < 1.29 is 4.79 Å². The van der Waals surface area contributed by atoms with E-state index in [4.69, 9.17) is 6.42 Å². The molecule has 1 aromatic carbocycles. The maximum atomic E-state index is 12.8. The van der Waals surface area contributed by atoms with Gasteiger partial charge in [0.2, 0.25) is 5.91 Å². The molecule has 0 N–H and O–H groups in total. The van der Waals surface area contributed by atoms with Gasteiger partial charge >= 0.3 is 0 Å². The molecule has 1 fully saturated rings. The predicted molar refractivity (Wildman–Crippen MR) is 97.6 cm³/mol. The summed E-state index contributed by atoms with van der Waals surface area (Å²) in [6, 6.07) is 11.1. The number of benzene rings is 1. The Balaban J connectivity index is 1.40. The Morgan fingerprint density at radius 3 is 2.72 bits per heavy atom. The van der Waals surface area contributed by atoms with Crippen molar-refractivity contribution in [3.05, 3.63) is 42.0 Å². The highest BCUT2D eigenvalue weighted by molar-refractivity contribution is 5.80. The van der Waals surface area contributed by atoms with E-state index in [1.54, 1.807) is 0 Å². The highest BCUT2D eigenvalue weighted by atomic mass is 16.2. The van der Waals surface area contributed by atoms with Crippen molar-refractivity contribution >= 4 is 11.5 Å². The van der Waals surface area contributed by atoms with Gasteiger partial charge in [0.15, 0.2) is 5.66 Å². The van der Waals surface area contributed by atoms with Crippen molar-refractivity contribution in [1.29, 1.82) is 0 Å². The molecule has 4 nitrogen and oxygen atoms in total. The molecule has 0 radical (unpaired) electrons. The number of terminal acetylenes is 1. The van der Waals surface area contributed by atoms with Crippen LogP contribution in [0.1, 0.15) is 50.5 Å². The molecule has 2 atom stereocenters. The summed E-state index contributed by atoms with van der Waals surface area (Å²) in [5.74, 6) is 2.88. The predicted octanol–water partition coefficient (Wildman–Crippen LogP) is 4.19. The fourth-order valence-corrected chi connectivity index (χ4v) is 4.19. The lowest BCUT2D eigenvalue weighted by molar-refractivity contribution is -0.133. The van der Waals surface area contributed by atoms with E-state index in [-0.39, 0.29) is 17.6 Å². The summed E-state index contributed by atoms with van der Waals surface area (Å²) in [4.78, 5) is 14.9. The molecule has 25 heavy (non-hydrogen) atoms.